The van der Waals surface area contributed by atoms with Gasteiger partial charge in [-0.3, -0.25) is 0 Å². The average molecular weight is 342 g/mol. The minimum atomic E-state index is -3.44. The molecular weight excluding hydrogens is 320 g/mol. The first-order valence-electron chi connectivity index (χ1n) is 8.04. The maximum atomic E-state index is 12.7. The van der Waals surface area contributed by atoms with Crippen molar-refractivity contribution in [2.45, 2.75) is 24.8 Å². The van der Waals surface area contributed by atoms with Gasteiger partial charge in [-0.25, -0.2) is 8.42 Å². The lowest BCUT2D eigenvalue weighted by Gasteiger charge is -2.20. The van der Waals surface area contributed by atoms with E-state index in [1.807, 2.05) is 55.5 Å². The van der Waals surface area contributed by atoms with Gasteiger partial charge in [-0.05, 0) is 43.7 Å². The molecule has 126 valence electrons. The topological polar surface area (TPSA) is 49.4 Å². The molecule has 2 aromatic rings. The van der Waals surface area contributed by atoms with Gasteiger partial charge in [0.2, 0.25) is 10.0 Å². The number of benzene rings is 2. The predicted octanol–water partition coefficient (Wildman–Crippen LogP) is 3.43. The smallest absolute Gasteiger partial charge is 0.243 e. The maximum absolute atomic E-state index is 12.7. The van der Waals surface area contributed by atoms with Gasteiger partial charge < -0.3 is 5.32 Å². The van der Waals surface area contributed by atoms with Gasteiger partial charge in [0.1, 0.15) is 0 Å². The molecule has 1 heterocycles. The SMILES string of the molecule is Cc1ccc(S(=O)(=O)N2CC=C(C(C)Nc3ccccc3)C2)cc1. The van der Waals surface area contributed by atoms with Crippen LogP contribution in [0.15, 0.2) is 71.1 Å². The predicted molar refractivity (Wildman–Crippen MR) is 97.5 cm³/mol. The third-order valence-electron chi connectivity index (χ3n) is 4.29. The molecule has 0 saturated carbocycles. The fourth-order valence-electron chi connectivity index (χ4n) is 2.79. The zero-order valence-corrected chi connectivity index (χ0v) is 14.8. The molecule has 0 radical (unpaired) electrons. The first-order valence-corrected chi connectivity index (χ1v) is 9.48. The Balaban J connectivity index is 1.68. The first-order chi connectivity index (χ1) is 11.5. The lowest BCUT2D eigenvalue weighted by Crippen LogP contribution is -2.31. The van der Waals surface area contributed by atoms with E-state index in [0.29, 0.717) is 18.0 Å². The Morgan fingerprint density at radius 3 is 2.38 bits per heavy atom. The highest BCUT2D eigenvalue weighted by Gasteiger charge is 2.29. The van der Waals surface area contributed by atoms with E-state index < -0.39 is 10.0 Å². The summed E-state index contributed by atoms with van der Waals surface area (Å²) in [5, 5.41) is 3.41. The quantitative estimate of drug-likeness (QED) is 0.847. The lowest BCUT2D eigenvalue weighted by atomic mass is 10.1. The standard InChI is InChI=1S/C19H22N2O2S/c1-15-8-10-19(11-9-15)24(22,23)21-13-12-17(14-21)16(2)20-18-6-4-3-5-7-18/h3-12,16,20H,13-14H2,1-2H3. The Morgan fingerprint density at radius 2 is 1.71 bits per heavy atom. The molecule has 1 unspecified atom stereocenters. The van der Waals surface area contributed by atoms with Crippen molar-refractivity contribution in [3.05, 3.63) is 71.8 Å². The molecule has 0 aromatic heterocycles. The van der Waals surface area contributed by atoms with Crippen molar-refractivity contribution in [3.63, 3.8) is 0 Å². The number of hydrogen-bond donors (Lipinski definition) is 1. The minimum absolute atomic E-state index is 0.0885. The summed E-state index contributed by atoms with van der Waals surface area (Å²) in [6, 6.07) is 17.0. The van der Waals surface area contributed by atoms with Gasteiger partial charge in [0.05, 0.1) is 4.90 Å². The van der Waals surface area contributed by atoms with Crippen LogP contribution < -0.4 is 5.32 Å². The van der Waals surface area contributed by atoms with Crippen molar-refractivity contribution < 1.29 is 8.42 Å². The molecule has 1 aliphatic rings. The summed E-state index contributed by atoms with van der Waals surface area (Å²) in [5.41, 5.74) is 3.18. The summed E-state index contributed by atoms with van der Waals surface area (Å²) in [5.74, 6) is 0. The Labute approximate surface area is 143 Å². The lowest BCUT2D eigenvalue weighted by molar-refractivity contribution is 0.481. The van der Waals surface area contributed by atoms with Crippen LogP contribution in [0, 0.1) is 6.92 Å². The summed E-state index contributed by atoms with van der Waals surface area (Å²) in [7, 11) is -3.44. The largest absolute Gasteiger partial charge is 0.379 e. The molecule has 0 spiro atoms. The highest BCUT2D eigenvalue weighted by Crippen LogP contribution is 2.23. The zero-order chi connectivity index (χ0) is 17.2. The molecule has 0 bridgehead atoms. The van der Waals surface area contributed by atoms with Crippen LogP contribution in [0.5, 0.6) is 0 Å². The second-order valence-electron chi connectivity index (χ2n) is 6.12. The second-order valence-corrected chi connectivity index (χ2v) is 8.06. The monoisotopic (exact) mass is 342 g/mol. The normalized spacial score (nSPS) is 16.7. The van der Waals surface area contributed by atoms with E-state index in [4.69, 9.17) is 0 Å². The number of para-hydroxylation sites is 1. The van der Waals surface area contributed by atoms with Crippen LogP contribution in [0.3, 0.4) is 0 Å². The Bertz CT molecular complexity index is 827. The molecule has 3 rings (SSSR count). The number of sulfonamides is 1. The van der Waals surface area contributed by atoms with Crippen molar-refractivity contribution in [1.82, 2.24) is 4.31 Å². The number of rotatable bonds is 5. The zero-order valence-electron chi connectivity index (χ0n) is 13.9. The van der Waals surface area contributed by atoms with Crippen molar-refractivity contribution in [1.29, 1.82) is 0 Å². The summed E-state index contributed by atoms with van der Waals surface area (Å²) in [4.78, 5) is 0.353. The van der Waals surface area contributed by atoms with Crippen molar-refractivity contribution in [2.24, 2.45) is 0 Å². The van der Waals surface area contributed by atoms with Gasteiger partial charge in [0.25, 0.3) is 0 Å². The van der Waals surface area contributed by atoms with Gasteiger partial charge in [0.15, 0.2) is 0 Å². The molecule has 5 heteroatoms. The van der Waals surface area contributed by atoms with E-state index in [1.54, 1.807) is 12.1 Å². The van der Waals surface area contributed by atoms with Crippen LogP contribution in [-0.2, 0) is 10.0 Å². The molecule has 2 aromatic carbocycles. The maximum Gasteiger partial charge on any atom is 0.243 e. The third-order valence-corrected chi connectivity index (χ3v) is 6.11. The van der Waals surface area contributed by atoms with Crippen molar-refractivity contribution in [2.75, 3.05) is 18.4 Å². The van der Waals surface area contributed by atoms with E-state index in [0.717, 1.165) is 16.8 Å². The minimum Gasteiger partial charge on any atom is -0.379 e. The van der Waals surface area contributed by atoms with E-state index >= 15 is 0 Å². The fraction of sp³-hybridized carbons (Fsp3) is 0.263. The number of aryl methyl sites for hydroxylation is 1. The highest BCUT2D eigenvalue weighted by molar-refractivity contribution is 7.89. The Kier molecular flexibility index (Phi) is 4.73. The van der Waals surface area contributed by atoms with Crippen LogP contribution in [-0.4, -0.2) is 31.9 Å². The molecule has 0 fully saturated rings. The third kappa shape index (κ3) is 3.52. The van der Waals surface area contributed by atoms with E-state index in [1.165, 1.54) is 4.31 Å². The average Bonchev–Trinajstić information content (AvgIpc) is 3.07. The van der Waals surface area contributed by atoms with E-state index in [-0.39, 0.29) is 6.04 Å². The van der Waals surface area contributed by atoms with Gasteiger partial charge in [-0.2, -0.15) is 4.31 Å². The molecule has 0 amide bonds. The van der Waals surface area contributed by atoms with Crippen LogP contribution in [0.2, 0.25) is 0 Å². The molecule has 0 saturated heterocycles. The van der Waals surface area contributed by atoms with Crippen LogP contribution in [0.1, 0.15) is 12.5 Å². The van der Waals surface area contributed by atoms with E-state index in [2.05, 4.69) is 12.2 Å². The van der Waals surface area contributed by atoms with E-state index in [9.17, 15) is 8.42 Å². The van der Waals surface area contributed by atoms with Gasteiger partial charge >= 0.3 is 0 Å². The van der Waals surface area contributed by atoms with Gasteiger partial charge in [-0.15, -0.1) is 0 Å². The number of nitrogens with one attached hydrogen (secondary N) is 1. The van der Waals surface area contributed by atoms with Gasteiger partial charge in [-0.1, -0.05) is 42.0 Å². The highest BCUT2D eigenvalue weighted by atomic mass is 32.2. The molecule has 1 atom stereocenters. The molecule has 24 heavy (non-hydrogen) atoms. The summed E-state index contributed by atoms with van der Waals surface area (Å²) < 4.78 is 27.0. The second kappa shape index (κ2) is 6.79. The van der Waals surface area contributed by atoms with Crippen molar-refractivity contribution in [3.8, 4) is 0 Å². The van der Waals surface area contributed by atoms with Crippen molar-refractivity contribution >= 4 is 15.7 Å². The Morgan fingerprint density at radius 1 is 1.04 bits per heavy atom. The summed E-state index contributed by atoms with van der Waals surface area (Å²) >= 11 is 0. The molecule has 0 aliphatic carbocycles. The number of anilines is 1. The first kappa shape index (κ1) is 16.7. The number of nitrogens with zero attached hydrogens (tertiary/aromatic N) is 1. The summed E-state index contributed by atoms with van der Waals surface area (Å²) in [6.45, 7) is 4.85. The summed E-state index contributed by atoms with van der Waals surface area (Å²) in [6.07, 6.45) is 2.01. The van der Waals surface area contributed by atoms with Crippen LogP contribution in [0.25, 0.3) is 0 Å². The molecule has 1 N–H and O–H groups in total. The van der Waals surface area contributed by atoms with Gasteiger partial charge in [0, 0.05) is 24.8 Å². The van der Waals surface area contributed by atoms with Crippen LogP contribution >= 0.6 is 0 Å². The molecular formula is C19H22N2O2S. The number of hydrogen-bond acceptors (Lipinski definition) is 3. The molecule has 4 nitrogen and oxygen atoms in total. The Hall–Kier alpha value is -2.11. The fourth-order valence-corrected chi connectivity index (χ4v) is 4.15. The van der Waals surface area contributed by atoms with Crippen LogP contribution in [0.4, 0.5) is 5.69 Å². The molecule has 1 aliphatic heterocycles.